The van der Waals surface area contributed by atoms with Gasteiger partial charge >= 0.3 is 0 Å². The summed E-state index contributed by atoms with van der Waals surface area (Å²) in [7, 11) is 0. The van der Waals surface area contributed by atoms with Gasteiger partial charge in [0.1, 0.15) is 6.29 Å². The van der Waals surface area contributed by atoms with Crippen LogP contribution in [0.3, 0.4) is 0 Å². The molecule has 6 nitrogen and oxygen atoms in total. The SMILES string of the molecule is CC1=C(C=O)CCN(C(=O)c2ccc([N+](=O)[O-])cc2)c2ccccc21. The molecule has 0 fully saturated rings. The van der Waals surface area contributed by atoms with Crippen molar-refractivity contribution < 1.29 is 14.5 Å². The predicted molar refractivity (Wildman–Crippen MR) is 94.5 cm³/mol. The van der Waals surface area contributed by atoms with E-state index in [2.05, 4.69) is 0 Å². The number of allylic oxidation sites excluding steroid dienone is 1. The Balaban J connectivity index is 2.00. The summed E-state index contributed by atoms with van der Waals surface area (Å²) >= 11 is 0. The van der Waals surface area contributed by atoms with Gasteiger partial charge in [-0.1, -0.05) is 18.2 Å². The Morgan fingerprint density at radius 2 is 1.84 bits per heavy atom. The molecule has 2 aromatic carbocycles. The van der Waals surface area contributed by atoms with Crippen LogP contribution in [0, 0.1) is 10.1 Å². The van der Waals surface area contributed by atoms with Crippen molar-refractivity contribution >= 4 is 29.1 Å². The summed E-state index contributed by atoms with van der Waals surface area (Å²) in [4.78, 5) is 36.2. The minimum Gasteiger partial charge on any atom is -0.307 e. The third-order valence-electron chi connectivity index (χ3n) is 4.40. The van der Waals surface area contributed by atoms with Crippen LogP contribution in [-0.4, -0.2) is 23.7 Å². The zero-order valence-corrected chi connectivity index (χ0v) is 13.6. The molecule has 0 spiro atoms. The number of carbonyl (C=O) groups excluding carboxylic acids is 2. The Morgan fingerprint density at radius 3 is 2.48 bits per heavy atom. The van der Waals surface area contributed by atoms with Crippen LogP contribution in [0.5, 0.6) is 0 Å². The first-order valence-electron chi connectivity index (χ1n) is 7.83. The molecule has 0 unspecified atom stereocenters. The number of carbonyl (C=O) groups is 2. The molecule has 0 atom stereocenters. The maximum atomic E-state index is 12.9. The Labute approximate surface area is 144 Å². The topological polar surface area (TPSA) is 80.5 Å². The van der Waals surface area contributed by atoms with E-state index in [-0.39, 0.29) is 11.6 Å². The summed E-state index contributed by atoms with van der Waals surface area (Å²) in [5.74, 6) is -0.248. The van der Waals surface area contributed by atoms with E-state index in [4.69, 9.17) is 0 Å². The molecule has 0 aromatic heterocycles. The van der Waals surface area contributed by atoms with E-state index >= 15 is 0 Å². The summed E-state index contributed by atoms with van der Waals surface area (Å²) in [6, 6.07) is 13.0. The summed E-state index contributed by atoms with van der Waals surface area (Å²) < 4.78 is 0. The fourth-order valence-corrected chi connectivity index (χ4v) is 2.98. The third-order valence-corrected chi connectivity index (χ3v) is 4.40. The van der Waals surface area contributed by atoms with E-state index in [9.17, 15) is 19.7 Å². The highest BCUT2D eigenvalue weighted by molar-refractivity contribution is 6.08. The number of hydrogen-bond donors (Lipinski definition) is 0. The van der Waals surface area contributed by atoms with Crippen LogP contribution in [0.15, 0.2) is 54.1 Å². The lowest BCUT2D eigenvalue weighted by atomic mass is 10.0. The number of fused-ring (bicyclic) bond motifs is 1. The van der Waals surface area contributed by atoms with Crippen LogP contribution in [0.2, 0.25) is 0 Å². The Morgan fingerprint density at radius 1 is 1.16 bits per heavy atom. The Hall–Kier alpha value is -3.28. The highest BCUT2D eigenvalue weighted by atomic mass is 16.6. The second-order valence-corrected chi connectivity index (χ2v) is 5.80. The molecular formula is C19H16N2O4. The van der Waals surface area contributed by atoms with E-state index in [1.807, 2.05) is 31.2 Å². The van der Waals surface area contributed by atoms with E-state index < -0.39 is 4.92 Å². The number of nitro benzene ring substituents is 1. The molecule has 0 N–H and O–H groups in total. The zero-order chi connectivity index (χ0) is 18.0. The lowest BCUT2D eigenvalue weighted by Gasteiger charge is -2.23. The normalized spacial score (nSPS) is 13.9. The number of anilines is 1. The molecule has 1 heterocycles. The van der Waals surface area contributed by atoms with E-state index in [1.165, 1.54) is 24.3 Å². The monoisotopic (exact) mass is 336 g/mol. The van der Waals surface area contributed by atoms with Gasteiger partial charge in [0.25, 0.3) is 11.6 Å². The van der Waals surface area contributed by atoms with Crippen molar-refractivity contribution in [3.63, 3.8) is 0 Å². The van der Waals surface area contributed by atoms with Gasteiger partial charge in [0.2, 0.25) is 0 Å². The van der Waals surface area contributed by atoms with E-state index in [0.717, 1.165) is 23.1 Å². The fourth-order valence-electron chi connectivity index (χ4n) is 2.98. The first-order valence-corrected chi connectivity index (χ1v) is 7.83. The van der Waals surface area contributed by atoms with E-state index in [1.54, 1.807) is 4.90 Å². The van der Waals surface area contributed by atoms with Crippen LogP contribution in [0.1, 0.15) is 29.3 Å². The van der Waals surface area contributed by atoms with Gasteiger partial charge in [0, 0.05) is 29.8 Å². The molecule has 1 amide bonds. The number of nitrogens with zero attached hydrogens (tertiary/aromatic N) is 2. The molecule has 0 saturated heterocycles. The summed E-state index contributed by atoms with van der Waals surface area (Å²) in [6.07, 6.45) is 1.30. The molecule has 6 heteroatoms. The maximum Gasteiger partial charge on any atom is 0.269 e. The third kappa shape index (κ3) is 3.06. The predicted octanol–water partition coefficient (Wildman–Crippen LogP) is 3.62. The van der Waals surface area contributed by atoms with E-state index in [0.29, 0.717) is 24.1 Å². The molecule has 25 heavy (non-hydrogen) atoms. The summed E-state index contributed by atoms with van der Waals surface area (Å²) in [5, 5.41) is 10.8. The molecule has 0 bridgehead atoms. The molecule has 0 aliphatic carbocycles. The molecule has 3 rings (SSSR count). The van der Waals surface area contributed by atoms with Gasteiger partial charge in [0.05, 0.1) is 10.6 Å². The second kappa shape index (κ2) is 6.68. The van der Waals surface area contributed by atoms with Crippen LogP contribution >= 0.6 is 0 Å². The minimum absolute atomic E-state index is 0.0615. The van der Waals surface area contributed by atoms with Gasteiger partial charge in [-0.2, -0.15) is 0 Å². The fraction of sp³-hybridized carbons (Fsp3) is 0.158. The maximum absolute atomic E-state index is 12.9. The Kier molecular flexibility index (Phi) is 4.43. The van der Waals surface area contributed by atoms with Crippen molar-refractivity contribution in [1.29, 1.82) is 0 Å². The van der Waals surface area contributed by atoms with Crippen molar-refractivity contribution in [2.75, 3.05) is 11.4 Å². The number of nitro groups is 1. The van der Waals surface area contributed by atoms with Crippen LogP contribution < -0.4 is 4.90 Å². The van der Waals surface area contributed by atoms with Gasteiger partial charge in [0.15, 0.2) is 0 Å². The zero-order valence-electron chi connectivity index (χ0n) is 13.6. The van der Waals surface area contributed by atoms with Crippen molar-refractivity contribution in [1.82, 2.24) is 0 Å². The average Bonchev–Trinajstić information content (AvgIpc) is 2.78. The first-order chi connectivity index (χ1) is 12.0. The quantitative estimate of drug-likeness (QED) is 0.487. The molecule has 126 valence electrons. The van der Waals surface area contributed by atoms with Crippen molar-refractivity contribution in [3.8, 4) is 0 Å². The van der Waals surface area contributed by atoms with Gasteiger partial charge < -0.3 is 4.90 Å². The number of non-ortho nitro benzene ring substituents is 1. The molecular weight excluding hydrogens is 320 g/mol. The smallest absolute Gasteiger partial charge is 0.269 e. The van der Waals surface area contributed by atoms with Crippen LogP contribution in [-0.2, 0) is 4.79 Å². The number of hydrogen-bond acceptors (Lipinski definition) is 4. The van der Waals surface area contributed by atoms with Gasteiger partial charge in [-0.3, -0.25) is 19.7 Å². The van der Waals surface area contributed by atoms with Crippen molar-refractivity contribution in [2.45, 2.75) is 13.3 Å². The largest absolute Gasteiger partial charge is 0.307 e. The number of benzene rings is 2. The summed E-state index contributed by atoms with van der Waals surface area (Å²) in [5.41, 5.74) is 3.43. The molecule has 2 aromatic rings. The van der Waals surface area contributed by atoms with Crippen molar-refractivity contribution in [2.24, 2.45) is 0 Å². The van der Waals surface area contributed by atoms with Gasteiger partial charge in [-0.25, -0.2) is 0 Å². The number of rotatable bonds is 3. The molecule has 1 aliphatic rings. The van der Waals surface area contributed by atoms with Gasteiger partial charge in [-0.05, 0) is 42.7 Å². The highest BCUT2D eigenvalue weighted by Crippen LogP contribution is 2.33. The van der Waals surface area contributed by atoms with Gasteiger partial charge in [-0.15, -0.1) is 0 Å². The van der Waals surface area contributed by atoms with Crippen LogP contribution in [0.4, 0.5) is 11.4 Å². The van der Waals surface area contributed by atoms with Crippen LogP contribution in [0.25, 0.3) is 5.57 Å². The summed E-state index contributed by atoms with van der Waals surface area (Å²) in [6.45, 7) is 2.25. The lowest BCUT2D eigenvalue weighted by molar-refractivity contribution is -0.384. The lowest BCUT2D eigenvalue weighted by Crippen LogP contribution is -2.32. The minimum atomic E-state index is -0.501. The number of aldehydes is 1. The Bertz CT molecular complexity index is 885. The highest BCUT2D eigenvalue weighted by Gasteiger charge is 2.25. The molecule has 0 saturated carbocycles. The molecule has 0 radical (unpaired) electrons. The second-order valence-electron chi connectivity index (χ2n) is 5.80. The molecule has 1 aliphatic heterocycles. The average molecular weight is 336 g/mol. The first kappa shape index (κ1) is 16.6. The number of amides is 1. The standard InChI is InChI=1S/C19H16N2O4/c1-13-15(12-22)10-11-20(18-5-3-2-4-17(13)18)19(23)14-6-8-16(9-7-14)21(24)25/h2-9,12H,10-11H2,1H3. The number of para-hydroxylation sites is 1. The van der Waals surface area contributed by atoms with Crippen molar-refractivity contribution in [3.05, 3.63) is 75.3 Å².